The maximum atomic E-state index is 12.7. The number of carbonyl (C=O) groups is 2. The molecular formula is C18H26ClN5O2. The number of hydrogen-bond donors (Lipinski definition) is 2. The molecular weight excluding hydrogens is 354 g/mol. The summed E-state index contributed by atoms with van der Waals surface area (Å²) in [6.07, 6.45) is 0.342. The predicted molar refractivity (Wildman–Crippen MR) is 103 cm³/mol. The number of carbonyl (C=O) groups excluding carboxylic acids is 2. The number of piperazine rings is 1. The zero-order valence-electron chi connectivity index (χ0n) is 15.5. The molecule has 0 radical (unpaired) electrons. The standard InChI is InChI=1S/C18H26ClN5O2/c1-13-12-23(18(21-3)22-11-16(25)20-2)7-8-24(13)17(26)10-14-5-4-6-15(19)9-14/h4-6,9,13H,7-8,10-12H2,1-3H3,(H,20,25)(H,21,22). The summed E-state index contributed by atoms with van der Waals surface area (Å²) in [6.45, 7) is 4.13. The van der Waals surface area contributed by atoms with Crippen LogP contribution in [0.15, 0.2) is 29.3 Å². The lowest BCUT2D eigenvalue weighted by Crippen LogP contribution is -2.58. The van der Waals surface area contributed by atoms with Crippen LogP contribution >= 0.6 is 11.6 Å². The third-order valence-corrected chi connectivity index (χ3v) is 4.62. The molecule has 0 aromatic heterocycles. The Morgan fingerprint density at radius 3 is 2.73 bits per heavy atom. The summed E-state index contributed by atoms with van der Waals surface area (Å²) in [5, 5.41) is 6.25. The first-order valence-electron chi connectivity index (χ1n) is 8.64. The summed E-state index contributed by atoms with van der Waals surface area (Å²) in [5.41, 5.74) is 0.917. The zero-order valence-corrected chi connectivity index (χ0v) is 16.2. The topological polar surface area (TPSA) is 77.0 Å². The smallest absolute Gasteiger partial charge is 0.239 e. The molecule has 0 aliphatic carbocycles. The first-order chi connectivity index (χ1) is 12.4. The fraction of sp³-hybridized carbons (Fsp3) is 0.500. The van der Waals surface area contributed by atoms with Gasteiger partial charge >= 0.3 is 0 Å². The van der Waals surface area contributed by atoms with Crippen molar-refractivity contribution in [2.45, 2.75) is 19.4 Å². The Labute approximate surface area is 159 Å². The summed E-state index contributed by atoms with van der Waals surface area (Å²) in [4.78, 5) is 32.3. The minimum Gasteiger partial charge on any atom is -0.358 e. The van der Waals surface area contributed by atoms with Crippen molar-refractivity contribution in [1.82, 2.24) is 20.4 Å². The minimum atomic E-state index is -0.102. The largest absolute Gasteiger partial charge is 0.358 e. The molecule has 0 bridgehead atoms. The van der Waals surface area contributed by atoms with E-state index in [1.165, 1.54) is 0 Å². The van der Waals surface area contributed by atoms with Gasteiger partial charge in [-0.05, 0) is 24.6 Å². The van der Waals surface area contributed by atoms with E-state index in [-0.39, 0.29) is 24.4 Å². The first kappa shape index (κ1) is 20.0. The van der Waals surface area contributed by atoms with Crippen LogP contribution in [0.4, 0.5) is 0 Å². The van der Waals surface area contributed by atoms with Crippen LogP contribution in [-0.2, 0) is 16.0 Å². The molecule has 7 nitrogen and oxygen atoms in total. The van der Waals surface area contributed by atoms with Crippen LogP contribution in [0.5, 0.6) is 0 Å². The summed E-state index contributed by atoms with van der Waals surface area (Å²) in [5.74, 6) is 0.657. The van der Waals surface area contributed by atoms with Gasteiger partial charge in [-0.2, -0.15) is 0 Å². The fourth-order valence-electron chi connectivity index (χ4n) is 3.02. The molecule has 1 fully saturated rings. The number of aliphatic imine (C=N–C) groups is 1. The maximum absolute atomic E-state index is 12.7. The van der Waals surface area contributed by atoms with Crippen LogP contribution in [-0.4, -0.2) is 73.9 Å². The lowest BCUT2D eigenvalue weighted by Gasteiger charge is -2.41. The second kappa shape index (κ2) is 9.43. The van der Waals surface area contributed by atoms with Crippen LogP contribution < -0.4 is 10.6 Å². The van der Waals surface area contributed by atoms with Gasteiger partial charge in [-0.25, -0.2) is 0 Å². The summed E-state index contributed by atoms with van der Waals surface area (Å²) < 4.78 is 0. The Morgan fingerprint density at radius 2 is 2.12 bits per heavy atom. The van der Waals surface area contributed by atoms with E-state index in [0.29, 0.717) is 37.0 Å². The average molecular weight is 380 g/mol. The molecule has 142 valence electrons. The molecule has 1 saturated heterocycles. The van der Waals surface area contributed by atoms with Gasteiger partial charge in [-0.1, -0.05) is 23.7 Å². The van der Waals surface area contributed by atoms with Crippen molar-refractivity contribution < 1.29 is 9.59 Å². The lowest BCUT2D eigenvalue weighted by atomic mass is 10.1. The molecule has 1 aromatic carbocycles. The molecule has 2 amide bonds. The van der Waals surface area contributed by atoms with Crippen molar-refractivity contribution in [2.75, 3.05) is 40.3 Å². The van der Waals surface area contributed by atoms with Gasteiger partial charge in [0.2, 0.25) is 11.8 Å². The SMILES string of the molecule is CN=C(NCC(=O)NC)N1CCN(C(=O)Cc2cccc(Cl)c2)C(C)C1. The van der Waals surface area contributed by atoms with Crippen LogP contribution in [0, 0.1) is 0 Å². The molecule has 0 spiro atoms. The van der Waals surface area contributed by atoms with Crippen molar-refractivity contribution in [3.8, 4) is 0 Å². The van der Waals surface area contributed by atoms with Gasteiger partial charge in [0.25, 0.3) is 0 Å². The van der Waals surface area contributed by atoms with Gasteiger partial charge in [-0.3, -0.25) is 14.6 Å². The number of halogens is 1. The van der Waals surface area contributed by atoms with Crippen molar-refractivity contribution in [3.63, 3.8) is 0 Å². The predicted octanol–water partition coefficient (Wildman–Crippen LogP) is 0.737. The van der Waals surface area contributed by atoms with Gasteiger partial charge < -0.3 is 20.4 Å². The monoisotopic (exact) mass is 379 g/mol. The quantitative estimate of drug-likeness (QED) is 0.597. The third-order valence-electron chi connectivity index (χ3n) is 4.39. The number of amides is 2. The summed E-state index contributed by atoms with van der Waals surface area (Å²) in [6, 6.07) is 7.44. The number of nitrogens with zero attached hydrogens (tertiary/aromatic N) is 3. The number of rotatable bonds is 4. The van der Waals surface area contributed by atoms with E-state index in [1.54, 1.807) is 20.2 Å². The van der Waals surface area contributed by atoms with E-state index in [2.05, 4.69) is 20.5 Å². The van der Waals surface area contributed by atoms with Gasteiger partial charge in [-0.15, -0.1) is 0 Å². The van der Waals surface area contributed by atoms with Gasteiger partial charge in [0.1, 0.15) is 0 Å². The van der Waals surface area contributed by atoms with Gasteiger partial charge in [0.05, 0.1) is 13.0 Å². The molecule has 1 atom stereocenters. The number of guanidine groups is 1. The van der Waals surface area contributed by atoms with E-state index in [1.807, 2.05) is 30.0 Å². The molecule has 8 heteroatoms. The first-order valence-corrected chi connectivity index (χ1v) is 9.02. The van der Waals surface area contributed by atoms with Crippen molar-refractivity contribution in [1.29, 1.82) is 0 Å². The normalized spacial score (nSPS) is 17.8. The van der Waals surface area contributed by atoms with Crippen LogP contribution in [0.1, 0.15) is 12.5 Å². The molecule has 1 unspecified atom stereocenters. The van der Waals surface area contributed by atoms with Crippen LogP contribution in [0.2, 0.25) is 5.02 Å². The van der Waals surface area contributed by atoms with Crippen molar-refractivity contribution in [2.24, 2.45) is 4.99 Å². The zero-order chi connectivity index (χ0) is 19.1. The Balaban J connectivity index is 1.92. The third kappa shape index (κ3) is 5.36. The molecule has 1 aliphatic rings. The highest BCUT2D eigenvalue weighted by Gasteiger charge is 2.28. The van der Waals surface area contributed by atoms with E-state index < -0.39 is 0 Å². The number of benzene rings is 1. The highest BCUT2D eigenvalue weighted by molar-refractivity contribution is 6.30. The molecule has 1 aromatic rings. The second-order valence-electron chi connectivity index (χ2n) is 6.26. The maximum Gasteiger partial charge on any atom is 0.239 e. The van der Waals surface area contributed by atoms with E-state index in [0.717, 1.165) is 5.56 Å². The van der Waals surface area contributed by atoms with Crippen LogP contribution in [0.3, 0.4) is 0 Å². The molecule has 1 heterocycles. The molecule has 26 heavy (non-hydrogen) atoms. The highest BCUT2D eigenvalue weighted by atomic mass is 35.5. The Hall–Kier alpha value is -2.28. The Kier molecular flexibility index (Phi) is 7.26. The van der Waals surface area contributed by atoms with Gasteiger partial charge in [0.15, 0.2) is 5.96 Å². The summed E-state index contributed by atoms with van der Waals surface area (Å²) in [7, 11) is 3.28. The minimum absolute atomic E-state index is 0.0500. The number of nitrogens with one attached hydrogen (secondary N) is 2. The van der Waals surface area contributed by atoms with E-state index in [4.69, 9.17) is 11.6 Å². The average Bonchev–Trinajstić information content (AvgIpc) is 2.62. The Morgan fingerprint density at radius 1 is 1.35 bits per heavy atom. The number of likely N-dealkylation sites (N-methyl/N-ethyl adjacent to an activating group) is 1. The molecule has 0 saturated carbocycles. The Bertz CT molecular complexity index is 679. The fourth-order valence-corrected chi connectivity index (χ4v) is 3.24. The lowest BCUT2D eigenvalue weighted by molar-refractivity contribution is -0.134. The molecule has 1 aliphatic heterocycles. The number of hydrogen-bond acceptors (Lipinski definition) is 3. The van der Waals surface area contributed by atoms with Crippen molar-refractivity contribution in [3.05, 3.63) is 34.9 Å². The van der Waals surface area contributed by atoms with Gasteiger partial charge in [0, 0.05) is 44.8 Å². The molecule has 2 rings (SSSR count). The van der Waals surface area contributed by atoms with E-state index >= 15 is 0 Å². The summed E-state index contributed by atoms with van der Waals surface area (Å²) >= 11 is 5.99. The molecule has 2 N–H and O–H groups in total. The van der Waals surface area contributed by atoms with E-state index in [9.17, 15) is 9.59 Å². The van der Waals surface area contributed by atoms with Crippen molar-refractivity contribution >= 4 is 29.4 Å². The highest BCUT2D eigenvalue weighted by Crippen LogP contribution is 2.15. The van der Waals surface area contributed by atoms with Crippen LogP contribution in [0.25, 0.3) is 0 Å². The second-order valence-corrected chi connectivity index (χ2v) is 6.70.